The number of ether oxygens (including phenoxy) is 1. The molecule has 1 rings (SSSR count). The average Bonchev–Trinajstić information content (AvgIpc) is 2.27. The van der Waals surface area contributed by atoms with Crippen molar-refractivity contribution in [2.24, 2.45) is 0 Å². The van der Waals surface area contributed by atoms with E-state index >= 15 is 0 Å². The molecule has 1 aromatic rings. The smallest absolute Gasteiger partial charge is 0.407 e. The predicted octanol–water partition coefficient (Wildman–Crippen LogP) is 3.69. The van der Waals surface area contributed by atoms with Crippen LogP contribution in [0.2, 0.25) is 0 Å². The maximum Gasteiger partial charge on any atom is 0.407 e. The van der Waals surface area contributed by atoms with Crippen molar-refractivity contribution in [3.63, 3.8) is 0 Å². The van der Waals surface area contributed by atoms with Crippen LogP contribution in [0.15, 0.2) is 22.7 Å². The lowest BCUT2D eigenvalue weighted by atomic mass is 10.2. The summed E-state index contributed by atoms with van der Waals surface area (Å²) in [6, 6.07) is 6.04. The first-order valence-corrected chi connectivity index (χ1v) is 7.04. The van der Waals surface area contributed by atoms with Crippen molar-refractivity contribution in [1.82, 2.24) is 5.32 Å². The summed E-state index contributed by atoms with van der Waals surface area (Å²) in [5, 5.41) is 5.94. The minimum atomic E-state index is -0.458. The van der Waals surface area contributed by atoms with Gasteiger partial charge in [-0.15, -0.1) is 0 Å². The highest BCUT2D eigenvalue weighted by Crippen LogP contribution is 2.19. The Morgan fingerprint density at radius 3 is 2.58 bits per heavy atom. The number of hydrogen-bond donors (Lipinski definition) is 2. The predicted molar refractivity (Wildman–Crippen MR) is 81.6 cm³/mol. The molecule has 0 unspecified atom stereocenters. The van der Waals surface area contributed by atoms with Crippen LogP contribution >= 0.6 is 15.9 Å². The summed E-state index contributed by atoms with van der Waals surface area (Å²) in [5.74, 6) is 0. The quantitative estimate of drug-likeness (QED) is 0.828. The van der Waals surface area contributed by atoms with Crippen molar-refractivity contribution in [3.8, 4) is 0 Å². The second-order valence-corrected chi connectivity index (χ2v) is 6.17. The molecule has 0 aliphatic rings. The normalized spacial score (nSPS) is 11.0. The third-order valence-electron chi connectivity index (χ3n) is 2.28. The van der Waals surface area contributed by atoms with Gasteiger partial charge in [0.2, 0.25) is 0 Å². The van der Waals surface area contributed by atoms with Crippen LogP contribution in [0.3, 0.4) is 0 Å². The number of halogens is 1. The van der Waals surface area contributed by atoms with Crippen LogP contribution in [0.25, 0.3) is 0 Å². The highest BCUT2D eigenvalue weighted by Gasteiger charge is 2.15. The van der Waals surface area contributed by atoms with Gasteiger partial charge in [-0.05, 0) is 51.5 Å². The van der Waals surface area contributed by atoms with Crippen molar-refractivity contribution in [2.75, 3.05) is 18.4 Å². The second-order valence-electron chi connectivity index (χ2n) is 5.32. The Balaban J connectivity index is 2.27. The molecule has 19 heavy (non-hydrogen) atoms. The summed E-state index contributed by atoms with van der Waals surface area (Å²) in [4.78, 5) is 11.4. The van der Waals surface area contributed by atoms with Crippen LogP contribution in [0.1, 0.15) is 26.3 Å². The van der Waals surface area contributed by atoms with Crippen LogP contribution in [-0.4, -0.2) is 24.8 Å². The summed E-state index contributed by atoms with van der Waals surface area (Å²) in [6.07, 6.45) is -0.388. The molecule has 0 fully saturated rings. The molecule has 4 nitrogen and oxygen atoms in total. The molecule has 1 amide bonds. The van der Waals surface area contributed by atoms with Gasteiger partial charge >= 0.3 is 6.09 Å². The van der Waals surface area contributed by atoms with E-state index in [0.29, 0.717) is 13.1 Å². The zero-order chi connectivity index (χ0) is 14.5. The maximum atomic E-state index is 11.4. The van der Waals surface area contributed by atoms with E-state index in [9.17, 15) is 4.79 Å². The van der Waals surface area contributed by atoms with E-state index in [2.05, 4.69) is 32.6 Å². The molecular formula is C14H21BrN2O2. The second kappa shape index (κ2) is 6.80. The molecule has 0 spiro atoms. The van der Waals surface area contributed by atoms with E-state index in [4.69, 9.17) is 4.74 Å². The Morgan fingerprint density at radius 2 is 2.00 bits per heavy atom. The summed E-state index contributed by atoms with van der Waals surface area (Å²) in [6.45, 7) is 8.73. The van der Waals surface area contributed by atoms with Gasteiger partial charge in [0.05, 0.1) is 0 Å². The van der Waals surface area contributed by atoms with Crippen molar-refractivity contribution in [2.45, 2.75) is 33.3 Å². The van der Waals surface area contributed by atoms with Gasteiger partial charge in [0, 0.05) is 23.2 Å². The van der Waals surface area contributed by atoms with Gasteiger partial charge in [-0.1, -0.05) is 15.9 Å². The highest BCUT2D eigenvalue weighted by atomic mass is 79.9. The van der Waals surface area contributed by atoms with E-state index in [1.54, 1.807) is 0 Å². The Labute approximate surface area is 123 Å². The summed E-state index contributed by atoms with van der Waals surface area (Å²) >= 11 is 3.46. The largest absolute Gasteiger partial charge is 0.444 e. The van der Waals surface area contributed by atoms with E-state index in [1.165, 1.54) is 5.56 Å². The third-order valence-corrected chi connectivity index (χ3v) is 3.17. The molecule has 0 aliphatic heterocycles. The first kappa shape index (κ1) is 15.8. The minimum Gasteiger partial charge on any atom is -0.444 e. The van der Waals surface area contributed by atoms with Crippen LogP contribution in [0.4, 0.5) is 10.5 Å². The Bertz CT molecular complexity index is 442. The van der Waals surface area contributed by atoms with Gasteiger partial charge in [-0.25, -0.2) is 4.79 Å². The van der Waals surface area contributed by atoms with E-state index in [-0.39, 0.29) is 6.09 Å². The molecule has 0 aliphatic carbocycles. The van der Waals surface area contributed by atoms with Gasteiger partial charge in [-0.3, -0.25) is 0 Å². The number of anilines is 1. The van der Waals surface area contributed by atoms with E-state index < -0.39 is 5.60 Å². The molecule has 0 radical (unpaired) electrons. The fraction of sp³-hybridized carbons (Fsp3) is 0.500. The number of benzene rings is 1. The summed E-state index contributed by atoms with van der Waals surface area (Å²) in [7, 11) is 0. The number of carbonyl (C=O) groups is 1. The van der Waals surface area contributed by atoms with Crippen molar-refractivity contribution >= 4 is 27.7 Å². The molecule has 5 heteroatoms. The van der Waals surface area contributed by atoms with Gasteiger partial charge < -0.3 is 15.4 Å². The molecule has 0 saturated heterocycles. The molecule has 0 saturated carbocycles. The maximum absolute atomic E-state index is 11.4. The fourth-order valence-electron chi connectivity index (χ4n) is 1.44. The lowest BCUT2D eigenvalue weighted by Gasteiger charge is -2.19. The average molecular weight is 329 g/mol. The Kier molecular flexibility index (Phi) is 5.66. The SMILES string of the molecule is Cc1cc(NCCNC(=O)OC(C)(C)C)ccc1Br. The molecule has 0 bridgehead atoms. The van der Waals surface area contributed by atoms with Gasteiger partial charge in [-0.2, -0.15) is 0 Å². The number of rotatable bonds is 4. The number of aryl methyl sites for hydroxylation is 1. The third kappa shape index (κ3) is 6.47. The van der Waals surface area contributed by atoms with Crippen LogP contribution < -0.4 is 10.6 Å². The van der Waals surface area contributed by atoms with Crippen molar-refractivity contribution < 1.29 is 9.53 Å². The standard InChI is InChI=1S/C14H21BrN2O2/c1-10-9-11(5-6-12(10)15)16-7-8-17-13(18)19-14(2,3)4/h5-6,9,16H,7-8H2,1-4H3,(H,17,18). The molecule has 106 valence electrons. The van der Waals surface area contributed by atoms with Gasteiger partial charge in [0.15, 0.2) is 0 Å². The van der Waals surface area contributed by atoms with E-state index in [0.717, 1.165) is 10.2 Å². The summed E-state index contributed by atoms with van der Waals surface area (Å²) in [5.41, 5.74) is 1.75. The molecule has 0 heterocycles. The highest BCUT2D eigenvalue weighted by molar-refractivity contribution is 9.10. The number of carbonyl (C=O) groups excluding carboxylic acids is 1. The molecular weight excluding hydrogens is 308 g/mol. The lowest BCUT2D eigenvalue weighted by Crippen LogP contribution is -2.34. The van der Waals surface area contributed by atoms with Crippen LogP contribution in [0.5, 0.6) is 0 Å². The zero-order valence-corrected chi connectivity index (χ0v) is 13.4. The van der Waals surface area contributed by atoms with Crippen molar-refractivity contribution in [3.05, 3.63) is 28.2 Å². The van der Waals surface area contributed by atoms with Gasteiger partial charge in [0.25, 0.3) is 0 Å². The number of amides is 1. The Morgan fingerprint density at radius 1 is 1.32 bits per heavy atom. The van der Waals surface area contributed by atoms with Gasteiger partial charge in [0.1, 0.15) is 5.60 Å². The Hall–Kier alpha value is -1.23. The monoisotopic (exact) mass is 328 g/mol. The van der Waals surface area contributed by atoms with Crippen LogP contribution in [0, 0.1) is 6.92 Å². The zero-order valence-electron chi connectivity index (χ0n) is 11.8. The van der Waals surface area contributed by atoms with E-state index in [1.807, 2.05) is 39.8 Å². The molecule has 2 N–H and O–H groups in total. The first-order chi connectivity index (χ1) is 8.78. The lowest BCUT2D eigenvalue weighted by molar-refractivity contribution is 0.0530. The summed E-state index contributed by atoms with van der Waals surface area (Å²) < 4.78 is 6.23. The molecule has 1 aromatic carbocycles. The topological polar surface area (TPSA) is 50.4 Å². The number of nitrogens with one attached hydrogen (secondary N) is 2. The number of hydrogen-bond acceptors (Lipinski definition) is 3. The first-order valence-electron chi connectivity index (χ1n) is 6.25. The molecule has 0 aromatic heterocycles. The van der Waals surface area contributed by atoms with Crippen LogP contribution in [-0.2, 0) is 4.74 Å². The molecule has 0 atom stereocenters. The van der Waals surface area contributed by atoms with Crippen molar-refractivity contribution in [1.29, 1.82) is 0 Å². The fourth-order valence-corrected chi connectivity index (χ4v) is 1.69. The number of alkyl carbamates (subject to hydrolysis) is 1. The minimum absolute atomic E-state index is 0.388.